The Hall–Kier alpha value is -0.880. The maximum absolute atomic E-state index is 11.5. The van der Waals surface area contributed by atoms with E-state index in [1.165, 1.54) is 128 Å². The van der Waals surface area contributed by atoms with Crippen LogP contribution in [0, 0.1) is 4.91 Å². The second-order valence-electron chi connectivity index (χ2n) is 9.95. The van der Waals surface area contributed by atoms with Gasteiger partial charge in [-0.15, -0.1) is 0 Å². The highest BCUT2D eigenvalue weighted by Crippen LogP contribution is 2.13. The van der Waals surface area contributed by atoms with Crippen LogP contribution in [0.3, 0.4) is 0 Å². The molecule has 0 heterocycles. The van der Waals surface area contributed by atoms with Gasteiger partial charge in [0.15, 0.2) is 13.2 Å². The van der Waals surface area contributed by atoms with Gasteiger partial charge in [-0.3, -0.25) is 0 Å². The van der Waals surface area contributed by atoms with Gasteiger partial charge in [0.1, 0.15) is 4.91 Å². The Bertz CT molecular complexity index is 363. The fourth-order valence-electron chi connectivity index (χ4n) is 4.34. The van der Waals surface area contributed by atoms with Crippen LogP contribution in [0.2, 0.25) is 0 Å². The van der Waals surface area contributed by atoms with Crippen molar-refractivity contribution in [3.63, 3.8) is 0 Å². The summed E-state index contributed by atoms with van der Waals surface area (Å²) in [4.78, 5) is 21.7. The maximum Gasteiger partial charge on any atom is 0.477 e. The first kappa shape index (κ1) is 33.1. The van der Waals surface area contributed by atoms with Crippen molar-refractivity contribution in [3.8, 4) is 0 Å². The van der Waals surface area contributed by atoms with Crippen LogP contribution in [0.25, 0.3) is 0 Å². The van der Waals surface area contributed by atoms with Crippen LogP contribution >= 0.6 is 0 Å². The molecule has 0 aromatic rings. The van der Waals surface area contributed by atoms with Gasteiger partial charge in [0, 0.05) is 0 Å². The first-order valence-electron chi connectivity index (χ1n) is 14.9. The lowest BCUT2D eigenvalue weighted by molar-refractivity contribution is -0.981. The van der Waals surface area contributed by atoms with Crippen LogP contribution in [0.5, 0.6) is 0 Å². The van der Waals surface area contributed by atoms with E-state index < -0.39 is 0 Å². The molecule has 0 aliphatic heterocycles. The minimum atomic E-state index is 0.321. The number of hydrogen-bond acceptors (Lipinski definition) is 5. The van der Waals surface area contributed by atoms with Crippen LogP contribution in [0.4, 0.5) is 0 Å². The van der Waals surface area contributed by atoms with Crippen LogP contribution in [-0.4, -0.2) is 31.4 Å². The van der Waals surface area contributed by atoms with E-state index in [4.69, 9.17) is 21.1 Å². The van der Waals surface area contributed by atoms with Crippen molar-refractivity contribution in [2.45, 2.75) is 154 Å². The minimum Gasteiger partial charge on any atom is -0.330 e. The SMILES string of the molecule is NCCCCCCCCCCCCCCO[N+](=O)OCCCCCCCCCCCCCCN. The lowest BCUT2D eigenvalue weighted by Crippen LogP contribution is -2.12. The lowest BCUT2D eigenvalue weighted by Gasteiger charge is -2.02. The molecule has 0 unspecified atom stereocenters. The number of hydrogen-bond donors (Lipinski definition) is 2. The maximum atomic E-state index is 11.5. The molecule has 34 heavy (non-hydrogen) atoms. The largest absolute Gasteiger partial charge is 0.477 e. The molecule has 0 rings (SSSR count). The Morgan fingerprint density at radius 1 is 0.353 bits per heavy atom. The molecule has 0 amide bonds. The molecule has 0 spiro atoms. The molecule has 6 nitrogen and oxygen atoms in total. The summed E-state index contributed by atoms with van der Waals surface area (Å²) >= 11 is 0. The van der Waals surface area contributed by atoms with Gasteiger partial charge < -0.3 is 11.5 Å². The fourth-order valence-corrected chi connectivity index (χ4v) is 4.34. The Balaban J connectivity index is 3.14. The third-order valence-corrected chi connectivity index (χ3v) is 6.59. The molecular weight excluding hydrogens is 426 g/mol. The van der Waals surface area contributed by atoms with E-state index >= 15 is 0 Å². The quantitative estimate of drug-likeness (QED) is 0.0795. The molecule has 4 N–H and O–H groups in total. The molecule has 0 aliphatic rings. The summed E-state index contributed by atoms with van der Waals surface area (Å²) in [5.41, 5.74) is 11.0. The Morgan fingerprint density at radius 2 is 0.559 bits per heavy atom. The second kappa shape index (κ2) is 30.2. The number of unbranched alkanes of at least 4 members (excludes halogenated alkanes) is 22. The Morgan fingerprint density at radius 3 is 0.794 bits per heavy atom. The highest BCUT2D eigenvalue weighted by atomic mass is 17.0. The lowest BCUT2D eigenvalue weighted by atomic mass is 10.1. The average molecular weight is 487 g/mol. The van der Waals surface area contributed by atoms with Gasteiger partial charge in [-0.2, -0.15) is 9.68 Å². The molecule has 0 aliphatic carbocycles. The molecule has 6 heteroatoms. The summed E-state index contributed by atoms with van der Waals surface area (Å²) < 4.78 is 0. The van der Waals surface area contributed by atoms with Crippen LogP contribution in [0.1, 0.15) is 154 Å². The smallest absolute Gasteiger partial charge is 0.330 e. The van der Waals surface area contributed by atoms with Crippen molar-refractivity contribution in [2.24, 2.45) is 11.5 Å². The number of nitrogens with zero attached hydrogens (tertiary/aromatic N) is 1. The van der Waals surface area contributed by atoms with Gasteiger partial charge in [0.05, 0.1) is 0 Å². The van der Waals surface area contributed by atoms with Gasteiger partial charge in [-0.25, -0.2) is 0 Å². The summed E-state index contributed by atoms with van der Waals surface area (Å²) in [5, 5.41) is 0.321. The van der Waals surface area contributed by atoms with Gasteiger partial charge in [-0.05, 0) is 51.6 Å². The Kier molecular flexibility index (Phi) is 29.4. The highest BCUT2D eigenvalue weighted by molar-refractivity contribution is 4.50. The zero-order valence-electron chi connectivity index (χ0n) is 22.6. The number of rotatable bonds is 30. The third kappa shape index (κ3) is 29.2. The molecule has 0 atom stereocenters. The summed E-state index contributed by atoms with van der Waals surface area (Å²) in [7, 11) is 0. The van der Waals surface area contributed by atoms with E-state index in [2.05, 4.69) is 0 Å². The third-order valence-electron chi connectivity index (χ3n) is 6.59. The van der Waals surface area contributed by atoms with Gasteiger partial charge in [0.2, 0.25) is 0 Å². The summed E-state index contributed by atoms with van der Waals surface area (Å²) in [5.74, 6) is 0. The predicted molar refractivity (Wildman–Crippen MR) is 144 cm³/mol. The highest BCUT2D eigenvalue weighted by Gasteiger charge is 2.11. The molecule has 0 aromatic heterocycles. The monoisotopic (exact) mass is 486 g/mol. The summed E-state index contributed by atoms with van der Waals surface area (Å²) in [6.45, 7) is 2.59. The van der Waals surface area contributed by atoms with E-state index in [-0.39, 0.29) is 0 Å². The normalized spacial score (nSPS) is 11.1. The average Bonchev–Trinajstić information content (AvgIpc) is 2.84. The van der Waals surface area contributed by atoms with E-state index in [1.54, 1.807) is 0 Å². The standard InChI is InChI=1S/C28H60N3O3/c29-25-21-17-13-9-5-1-3-7-11-15-19-23-27-33-31(32)34-28-24-20-16-12-8-4-2-6-10-14-18-22-26-30/h1-30H2/q+1. The van der Waals surface area contributed by atoms with Crippen molar-refractivity contribution >= 4 is 0 Å². The topological polar surface area (TPSA) is 90.6 Å². The fraction of sp³-hybridized carbons (Fsp3) is 1.00. The van der Waals surface area contributed by atoms with E-state index in [0.29, 0.717) is 18.3 Å². The first-order valence-corrected chi connectivity index (χ1v) is 14.9. The van der Waals surface area contributed by atoms with Crippen molar-refractivity contribution in [1.29, 1.82) is 0 Å². The van der Waals surface area contributed by atoms with Crippen molar-refractivity contribution in [3.05, 3.63) is 4.91 Å². The number of nitrogens with two attached hydrogens (primary N) is 2. The van der Waals surface area contributed by atoms with E-state index in [0.717, 1.165) is 38.8 Å². The molecule has 0 saturated carbocycles. The zero-order chi connectivity index (χ0) is 24.8. The van der Waals surface area contributed by atoms with Crippen LogP contribution < -0.4 is 11.5 Å². The Labute approximate surface area is 211 Å². The van der Waals surface area contributed by atoms with Gasteiger partial charge in [-0.1, -0.05) is 116 Å². The zero-order valence-corrected chi connectivity index (χ0v) is 22.6. The van der Waals surface area contributed by atoms with Crippen molar-refractivity contribution in [1.82, 2.24) is 0 Å². The van der Waals surface area contributed by atoms with Crippen LogP contribution in [-0.2, 0) is 9.68 Å². The molecule has 0 fully saturated rings. The van der Waals surface area contributed by atoms with Crippen LogP contribution in [0.15, 0.2) is 0 Å². The summed E-state index contributed by atoms with van der Waals surface area (Å²) in [6, 6.07) is 0. The molecule has 0 saturated heterocycles. The second-order valence-corrected chi connectivity index (χ2v) is 9.95. The van der Waals surface area contributed by atoms with Crippen molar-refractivity contribution < 1.29 is 14.8 Å². The van der Waals surface area contributed by atoms with E-state index in [1.807, 2.05) is 0 Å². The summed E-state index contributed by atoms with van der Waals surface area (Å²) in [6.07, 6.45) is 30.3. The minimum absolute atomic E-state index is 0.321. The van der Waals surface area contributed by atoms with Gasteiger partial charge >= 0.3 is 5.09 Å². The van der Waals surface area contributed by atoms with E-state index in [9.17, 15) is 4.91 Å². The van der Waals surface area contributed by atoms with Crippen molar-refractivity contribution in [2.75, 3.05) is 26.3 Å². The van der Waals surface area contributed by atoms with Gasteiger partial charge in [0.25, 0.3) is 0 Å². The first-order chi connectivity index (χ1) is 16.8. The molecule has 0 bridgehead atoms. The molecule has 0 radical (unpaired) electrons. The molecular formula is C28H60N3O3+. The molecule has 0 aromatic carbocycles. The predicted octanol–water partition coefficient (Wildman–Crippen LogP) is 7.91. The molecule has 204 valence electrons.